The Morgan fingerprint density at radius 2 is 1.86 bits per heavy atom. The number of hydrogen-bond acceptors (Lipinski definition) is 3. The molecule has 0 saturated carbocycles. The number of carboxylic acids is 1. The number of aliphatic carboxylic acids is 1. The van der Waals surface area contributed by atoms with Crippen LogP contribution in [0.2, 0.25) is 0 Å². The maximum atomic E-state index is 11.0. The maximum Gasteiger partial charge on any atom is 0.303 e. The summed E-state index contributed by atoms with van der Waals surface area (Å²) in [7, 11) is 2.17. The van der Waals surface area contributed by atoms with Gasteiger partial charge in [0.05, 0.1) is 0 Å². The highest BCUT2D eigenvalue weighted by atomic mass is 35.5. The van der Waals surface area contributed by atoms with E-state index in [2.05, 4.69) is 42.3 Å². The molecule has 0 bridgehead atoms. The fourth-order valence-corrected chi connectivity index (χ4v) is 4.02. The first-order valence-electron chi connectivity index (χ1n) is 9.58. The van der Waals surface area contributed by atoms with Crippen LogP contribution in [-0.2, 0) is 17.8 Å². The zero-order chi connectivity index (χ0) is 18.8. The average molecular weight is 400 g/mol. The Bertz CT molecular complexity index is 896. The van der Waals surface area contributed by atoms with Crippen LogP contribution in [-0.4, -0.2) is 36.1 Å². The second-order valence-electron chi connectivity index (χ2n) is 7.45. The second kappa shape index (κ2) is 8.80. The smallest absolute Gasteiger partial charge is 0.303 e. The van der Waals surface area contributed by atoms with E-state index < -0.39 is 5.97 Å². The molecule has 0 unspecified atom stereocenters. The van der Waals surface area contributed by atoms with Gasteiger partial charge in [0.25, 0.3) is 0 Å². The van der Waals surface area contributed by atoms with Crippen LogP contribution in [0.4, 0.5) is 0 Å². The highest BCUT2D eigenvalue weighted by molar-refractivity contribution is 5.87. The minimum atomic E-state index is -0.763. The number of carbonyl (C=O) groups is 1. The molecule has 1 N–H and O–H groups in total. The standard InChI is InChI=1S/C23H25NO3.ClH/c1-24-12-10-17(11-13-24)23-19-5-3-2-4-18(19)15-27-21-8-6-16(14-20(21)23)7-9-22(25)26;/h2-6,8,14H,7,9-13,15H2,1H3,(H,25,26);1H. The van der Waals surface area contributed by atoms with Crippen molar-refractivity contribution in [2.75, 3.05) is 20.1 Å². The molecule has 1 fully saturated rings. The van der Waals surface area contributed by atoms with Crippen molar-refractivity contribution in [3.8, 4) is 5.75 Å². The van der Waals surface area contributed by atoms with Gasteiger partial charge in [0, 0.05) is 25.1 Å². The summed E-state index contributed by atoms with van der Waals surface area (Å²) in [6.07, 6.45) is 2.79. The minimum Gasteiger partial charge on any atom is -0.488 e. The molecule has 4 nitrogen and oxygen atoms in total. The number of piperidine rings is 1. The summed E-state index contributed by atoms with van der Waals surface area (Å²) in [5.41, 5.74) is 7.40. The Kier molecular flexibility index (Phi) is 6.42. The lowest BCUT2D eigenvalue weighted by Gasteiger charge is -2.27. The maximum absolute atomic E-state index is 11.0. The van der Waals surface area contributed by atoms with Crippen LogP contribution >= 0.6 is 12.4 Å². The van der Waals surface area contributed by atoms with E-state index in [-0.39, 0.29) is 18.8 Å². The van der Waals surface area contributed by atoms with E-state index in [1.165, 1.54) is 22.3 Å². The van der Waals surface area contributed by atoms with Gasteiger partial charge in [-0.15, -0.1) is 12.4 Å². The number of nitrogens with zero attached hydrogens (tertiary/aromatic N) is 1. The number of fused-ring (bicyclic) bond motifs is 2. The van der Waals surface area contributed by atoms with Crippen molar-refractivity contribution in [3.63, 3.8) is 0 Å². The van der Waals surface area contributed by atoms with Crippen LogP contribution in [0.3, 0.4) is 0 Å². The van der Waals surface area contributed by atoms with Gasteiger partial charge in [-0.05, 0) is 60.7 Å². The van der Waals surface area contributed by atoms with E-state index >= 15 is 0 Å². The van der Waals surface area contributed by atoms with Crippen LogP contribution in [0.1, 0.15) is 41.5 Å². The number of halogens is 1. The SMILES string of the molecule is CN1CCC(=C2c3ccccc3COc3ccc(CCC(=O)O)cc32)CC1.Cl. The number of likely N-dealkylation sites (tertiary alicyclic amines) is 1. The number of rotatable bonds is 3. The minimum absolute atomic E-state index is 0. The summed E-state index contributed by atoms with van der Waals surface area (Å²) < 4.78 is 6.14. The van der Waals surface area contributed by atoms with E-state index in [1.807, 2.05) is 12.1 Å². The lowest BCUT2D eigenvalue weighted by atomic mass is 9.86. The summed E-state index contributed by atoms with van der Waals surface area (Å²) in [6.45, 7) is 2.69. The Morgan fingerprint density at radius 1 is 1.11 bits per heavy atom. The van der Waals surface area contributed by atoms with Crippen LogP contribution in [0.5, 0.6) is 5.75 Å². The van der Waals surface area contributed by atoms with E-state index in [1.54, 1.807) is 0 Å². The van der Waals surface area contributed by atoms with E-state index in [4.69, 9.17) is 9.84 Å². The van der Waals surface area contributed by atoms with Crippen LogP contribution in [0, 0.1) is 0 Å². The van der Waals surface area contributed by atoms with E-state index in [0.717, 1.165) is 42.8 Å². The average Bonchev–Trinajstić information content (AvgIpc) is 2.84. The normalized spacial score (nSPS) is 16.3. The van der Waals surface area contributed by atoms with Crippen molar-refractivity contribution in [3.05, 3.63) is 70.3 Å². The fraction of sp³-hybridized carbons (Fsp3) is 0.348. The third-order valence-electron chi connectivity index (χ3n) is 5.55. The predicted octanol–water partition coefficient (Wildman–Crippen LogP) is 4.55. The fourth-order valence-electron chi connectivity index (χ4n) is 4.02. The monoisotopic (exact) mass is 399 g/mol. The van der Waals surface area contributed by atoms with E-state index in [9.17, 15) is 4.79 Å². The largest absolute Gasteiger partial charge is 0.488 e. The first-order chi connectivity index (χ1) is 13.1. The van der Waals surface area contributed by atoms with Gasteiger partial charge in [-0.25, -0.2) is 0 Å². The van der Waals surface area contributed by atoms with Crippen molar-refractivity contribution < 1.29 is 14.6 Å². The molecule has 2 aromatic carbocycles. The molecular weight excluding hydrogens is 374 g/mol. The summed E-state index contributed by atoms with van der Waals surface area (Å²) in [5, 5.41) is 9.03. The third kappa shape index (κ3) is 4.23. The Balaban J connectivity index is 0.00000225. The van der Waals surface area contributed by atoms with Gasteiger partial charge >= 0.3 is 5.97 Å². The predicted molar refractivity (Wildman–Crippen MR) is 113 cm³/mol. The molecule has 5 heteroatoms. The van der Waals surface area contributed by atoms with Gasteiger partial charge in [0.1, 0.15) is 12.4 Å². The lowest BCUT2D eigenvalue weighted by molar-refractivity contribution is -0.136. The number of benzene rings is 2. The topological polar surface area (TPSA) is 49.8 Å². The molecule has 0 aliphatic carbocycles. The number of ether oxygens (including phenoxy) is 1. The van der Waals surface area contributed by atoms with Gasteiger partial charge in [-0.3, -0.25) is 4.79 Å². The zero-order valence-electron chi connectivity index (χ0n) is 16.1. The molecule has 28 heavy (non-hydrogen) atoms. The van der Waals surface area contributed by atoms with Crippen LogP contribution < -0.4 is 4.74 Å². The van der Waals surface area contributed by atoms with E-state index in [0.29, 0.717) is 13.0 Å². The number of carboxylic acid groups (broad SMARTS) is 1. The van der Waals surface area contributed by atoms with Crippen molar-refractivity contribution in [1.29, 1.82) is 0 Å². The van der Waals surface area contributed by atoms with Gasteiger partial charge in [0.15, 0.2) is 0 Å². The molecule has 0 aromatic heterocycles. The molecule has 0 atom stereocenters. The Labute approximate surface area is 172 Å². The quantitative estimate of drug-likeness (QED) is 0.822. The first-order valence-corrected chi connectivity index (χ1v) is 9.58. The molecule has 148 valence electrons. The third-order valence-corrected chi connectivity index (χ3v) is 5.55. The number of aryl methyl sites for hydroxylation is 1. The van der Waals surface area contributed by atoms with Gasteiger partial charge in [-0.2, -0.15) is 0 Å². The summed E-state index contributed by atoms with van der Waals surface area (Å²) in [5.74, 6) is 0.132. The van der Waals surface area contributed by atoms with Crippen molar-refractivity contribution in [1.82, 2.24) is 4.90 Å². The van der Waals surface area contributed by atoms with Crippen molar-refractivity contribution >= 4 is 23.9 Å². The molecule has 2 aliphatic rings. The van der Waals surface area contributed by atoms with Crippen molar-refractivity contribution in [2.45, 2.75) is 32.3 Å². The van der Waals surface area contributed by atoms with Gasteiger partial charge in [0.2, 0.25) is 0 Å². The molecule has 2 aromatic rings. The molecule has 1 saturated heterocycles. The highest BCUT2D eigenvalue weighted by Crippen LogP contribution is 2.41. The molecule has 0 radical (unpaired) electrons. The van der Waals surface area contributed by atoms with Crippen LogP contribution in [0.15, 0.2) is 48.0 Å². The molecule has 2 aliphatic heterocycles. The summed E-state index contributed by atoms with van der Waals surface area (Å²) >= 11 is 0. The molecule has 0 amide bonds. The first kappa shape index (κ1) is 20.4. The zero-order valence-corrected chi connectivity index (χ0v) is 16.9. The molecular formula is C23H26ClNO3. The highest BCUT2D eigenvalue weighted by Gasteiger charge is 2.24. The molecule has 4 rings (SSSR count). The number of hydrogen-bond donors (Lipinski definition) is 1. The van der Waals surface area contributed by atoms with Crippen LogP contribution in [0.25, 0.3) is 5.57 Å². The van der Waals surface area contributed by atoms with Gasteiger partial charge < -0.3 is 14.7 Å². The Morgan fingerprint density at radius 3 is 2.61 bits per heavy atom. The molecule has 0 spiro atoms. The summed E-state index contributed by atoms with van der Waals surface area (Å²) in [6, 6.07) is 14.6. The second-order valence-corrected chi connectivity index (χ2v) is 7.45. The Hall–Kier alpha value is -2.30. The summed E-state index contributed by atoms with van der Waals surface area (Å²) in [4.78, 5) is 13.4. The molecule has 2 heterocycles. The lowest BCUT2D eigenvalue weighted by Crippen LogP contribution is -2.27. The van der Waals surface area contributed by atoms with Gasteiger partial charge in [-0.1, -0.05) is 35.9 Å². The van der Waals surface area contributed by atoms with Crippen molar-refractivity contribution in [2.24, 2.45) is 0 Å².